The van der Waals surface area contributed by atoms with E-state index in [4.69, 9.17) is 5.73 Å². The minimum Gasteiger partial charge on any atom is -0.352 e. The number of hydrogen-bond acceptors (Lipinski definition) is 2. The van der Waals surface area contributed by atoms with Gasteiger partial charge in [0.2, 0.25) is 5.91 Å². The Hall–Kier alpha value is -0.570. The highest BCUT2D eigenvalue weighted by molar-refractivity contribution is 5.89. The van der Waals surface area contributed by atoms with Crippen molar-refractivity contribution >= 4 is 5.91 Å². The van der Waals surface area contributed by atoms with Crippen molar-refractivity contribution in [1.82, 2.24) is 5.32 Å². The molecule has 3 nitrogen and oxygen atoms in total. The van der Waals surface area contributed by atoms with E-state index in [1.54, 1.807) is 0 Å². The van der Waals surface area contributed by atoms with Crippen LogP contribution in [0.4, 0.5) is 0 Å². The van der Waals surface area contributed by atoms with Gasteiger partial charge in [0.05, 0.1) is 5.54 Å². The number of carbonyl (C=O) groups excluding carboxylic acids is 1. The molecule has 2 unspecified atom stereocenters. The van der Waals surface area contributed by atoms with Crippen molar-refractivity contribution < 1.29 is 4.79 Å². The third-order valence-corrected chi connectivity index (χ3v) is 3.92. The van der Waals surface area contributed by atoms with E-state index in [2.05, 4.69) is 12.2 Å². The summed E-state index contributed by atoms with van der Waals surface area (Å²) in [6.45, 7) is 2.24. The summed E-state index contributed by atoms with van der Waals surface area (Å²) in [7, 11) is 0. The van der Waals surface area contributed by atoms with Crippen molar-refractivity contribution in [2.24, 2.45) is 11.7 Å². The zero-order valence-corrected chi connectivity index (χ0v) is 9.59. The number of hydrogen-bond donors (Lipinski definition) is 2. The standard InChI is InChI=1S/C12H22N2O/c1-9-5-3-2-4-6-10(9)14-11(15)12(13)7-8-12/h9-10H,2-8,13H2,1H3,(H,14,15). The molecule has 0 radical (unpaired) electrons. The molecule has 0 spiro atoms. The lowest BCUT2D eigenvalue weighted by Gasteiger charge is -2.24. The Morgan fingerprint density at radius 2 is 1.93 bits per heavy atom. The van der Waals surface area contributed by atoms with E-state index in [9.17, 15) is 4.79 Å². The molecular formula is C12H22N2O. The highest BCUT2D eigenvalue weighted by atomic mass is 16.2. The van der Waals surface area contributed by atoms with Crippen LogP contribution >= 0.6 is 0 Å². The molecule has 2 fully saturated rings. The Bertz CT molecular complexity index is 248. The predicted octanol–water partition coefficient (Wildman–Crippen LogP) is 1.56. The monoisotopic (exact) mass is 210 g/mol. The van der Waals surface area contributed by atoms with Gasteiger partial charge in [-0.25, -0.2) is 0 Å². The molecule has 2 saturated carbocycles. The molecule has 15 heavy (non-hydrogen) atoms. The summed E-state index contributed by atoms with van der Waals surface area (Å²) in [6, 6.07) is 0.362. The van der Waals surface area contributed by atoms with Gasteiger partial charge in [-0.2, -0.15) is 0 Å². The Morgan fingerprint density at radius 3 is 2.60 bits per heavy atom. The lowest BCUT2D eigenvalue weighted by molar-refractivity contribution is -0.124. The molecule has 1 amide bonds. The van der Waals surface area contributed by atoms with Gasteiger partial charge in [0.1, 0.15) is 0 Å². The average molecular weight is 210 g/mol. The largest absolute Gasteiger partial charge is 0.352 e. The molecule has 0 aromatic carbocycles. The topological polar surface area (TPSA) is 55.1 Å². The molecule has 2 rings (SSSR count). The van der Waals surface area contributed by atoms with Crippen LogP contribution in [0, 0.1) is 5.92 Å². The SMILES string of the molecule is CC1CCCCCC1NC(=O)C1(N)CC1. The van der Waals surface area contributed by atoms with Crippen LogP contribution in [0.1, 0.15) is 51.9 Å². The fourth-order valence-electron chi connectivity index (χ4n) is 2.38. The third-order valence-electron chi connectivity index (χ3n) is 3.92. The highest BCUT2D eigenvalue weighted by Gasteiger charge is 2.46. The van der Waals surface area contributed by atoms with Gasteiger partial charge < -0.3 is 11.1 Å². The Kier molecular flexibility index (Phi) is 3.01. The summed E-state index contributed by atoms with van der Waals surface area (Å²) in [5.41, 5.74) is 5.37. The number of carbonyl (C=O) groups is 1. The first-order valence-corrected chi connectivity index (χ1v) is 6.22. The smallest absolute Gasteiger partial charge is 0.240 e. The lowest BCUT2D eigenvalue weighted by Crippen LogP contribution is -2.48. The van der Waals surface area contributed by atoms with Gasteiger partial charge in [0, 0.05) is 6.04 Å². The molecule has 2 aliphatic carbocycles. The van der Waals surface area contributed by atoms with Gasteiger partial charge in [-0.05, 0) is 31.6 Å². The first kappa shape index (κ1) is 10.9. The molecule has 3 N–H and O–H groups in total. The van der Waals surface area contributed by atoms with Crippen molar-refractivity contribution in [3.8, 4) is 0 Å². The van der Waals surface area contributed by atoms with Gasteiger partial charge in [-0.3, -0.25) is 4.79 Å². The van der Waals surface area contributed by atoms with Crippen LogP contribution in [0.2, 0.25) is 0 Å². The van der Waals surface area contributed by atoms with E-state index in [-0.39, 0.29) is 5.91 Å². The summed E-state index contributed by atoms with van der Waals surface area (Å²) in [6.07, 6.45) is 7.95. The van der Waals surface area contributed by atoms with Crippen molar-refractivity contribution in [3.05, 3.63) is 0 Å². The average Bonchev–Trinajstić information content (AvgIpc) is 2.96. The van der Waals surface area contributed by atoms with Crippen LogP contribution in [0.3, 0.4) is 0 Å². The first-order chi connectivity index (χ1) is 7.12. The normalized spacial score (nSPS) is 34.3. The summed E-state index contributed by atoms with van der Waals surface area (Å²) in [5.74, 6) is 0.694. The second-order valence-corrected chi connectivity index (χ2v) is 5.35. The number of rotatable bonds is 2. The second-order valence-electron chi connectivity index (χ2n) is 5.35. The molecular weight excluding hydrogens is 188 g/mol. The van der Waals surface area contributed by atoms with E-state index in [1.807, 2.05) is 0 Å². The molecule has 0 aromatic heterocycles. The summed E-state index contributed by atoms with van der Waals surface area (Å²) < 4.78 is 0. The molecule has 0 aliphatic heterocycles. The number of nitrogens with two attached hydrogens (primary N) is 1. The maximum absolute atomic E-state index is 11.8. The minimum absolute atomic E-state index is 0.0845. The number of amides is 1. The molecule has 0 bridgehead atoms. The van der Waals surface area contributed by atoms with Gasteiger partial charge in [-0.1, -0.05) is 26.2 Å². The molecule has 0 heterocycles. The molecule has 2 aliphatic rings. The minimum atomic E-state index is -0.508. The highest BCUT2D eigenvalue weighted by Crippen LogP contribution is 2.33. The predicted molar refractivity (Wildman–Crippen MR) is 60.3 cm³/mol. The quantitative estimate of drug-likeness (QED) is 0.680. The third kappa shape index (κ3) is 2.51. The van der Waals surface area contributed by atoms with Crippen LogP contribution in [-0.4, -0.2) is 17.5 Å². The zero-order valence-electron chi connectivity index (χ0n) is 9.59. The van der Waals surface area contributed by atoms with Crippen LogP contribution in [0.15, 0.2) is 0 Å². The molecule has 0 saturated heterocycles. The van der Waals surface area contributed by atoms with Crippen molar-refractivity contribution in [2.75, 3.05) is 0 Å². The molecule has 2 atom stereocenters. The second kappa shape index (κ2) is 4.12. The number of nitrogens with one attached hydrogen (secondary N) is 1. The summed E-state index contributed by atoms with van der Waals surface area (Å²) in [5, 5.41) is 3.15. The van der Waals surface area contributed by atoms with Gasteiger partial charge >= 0.3 is 0 Å². The van der Waals surface area contributed by atoms with Crippen LogP contribution in [-0.2, 0) is 4.79 Å². The van der Waals surface area contributed by atoms with E-state index >= 15 is 0 Å². The van der Waals surface area contributed by atoms with E-state index < -0.39 is 5.54 Å². The van der Waals surface area contributed by atoms with E-state index in [0.29, 0.717) is 12.0 Å². The first-order valence-electron chi connectivity index (χ1n) is 6.22. The Morgan fingerprint density at radius 1 is 1.27 bits per heavy atom. The molecule has 86 valence electrons. The van der Waals surface area contributed by atoms with Gasteiger partial charge in [0.25, 0.3) is 0 Å². The van der Waals surface area contributed by atoms with Crippen molar-refractivity contribution in [3.63, 3.8) is 0 Å². The molecule has 3 heteroatoms. The maximum Gasteiger partial charge on any atom is 0.240 e. The van der Waals surface area contributed by atoms with Crippen LogP contribution in [0.25, 0.3) is 0 Å². The van der Waals surface area contributed by atoms with Gasteiger partial charge in [-0.15, -0.1) is 0 Å². The summed E-state index contributed by atoms with van der Waals surface area (Å²) in [4.78, 5) is 11.8. The zero-order chi connectivity index (χ0) is 10.9. The van der Waals surface area contributed by atoms with E-state index in [0.717, 1.165) is 19.3 Å². The van der Waals surface area contributed by atoms with Crippen molar-refractivity contribution in [2.45, 2.75) is 63.5 Å². The molecule has 0 aromatic rings. The van der Waals surface area contributed by atoms with Gasteiger partial charge in [0.15, 0.2) is 0 Å². The fourth-order valence-corrected chi connectivity index (χ4v) is 2.38. The maximum atomic E-state index is 11.8. The van der Waals surface area contributed by atoms with E-state index in [1.165, 1.54) is 25.7 Å². The fraction of sp³-hybridized carbons (Fsp3) is 0.917. The van der Waals surface area contributed by atoms with Crippen LogP contribution < -0.4 is 11.1 Å². The Balaban J connectivity index is 1.88. The summed E-state index contributed by atoms with van der Waals surface area (Å²) >= 11 is 0. The van der Waals surface area contributed by atoms with Crippen molar-refractivity contribution in [1.29, 1.82) is 0 Å². The van der Waals surface area contributed by atoms with Crippen LogP contribution in [0.5, 0.6) is 0 Å². The lowest BCUT2D eigenvalue weighted by atomic mass is 9.96. The Labute approximate surface area is 91.8 Å².